The third kappa shape index (κ3) is 3.31. The molecule has 0 bridgehead atoms. The summed E-state index contributed by atoms with van der Waals surface area (Å²) in [5, 5.41) is 2.92. The molecule has 0 spiro atoms. The minimum Gasteiger partial charge on any atom is -0.397 e. The van der Waals surface area contributed by atoms with Crippen LogP contribution in [-0.4, -0.2) is 48.6 Å². The molecule has 20 heavy (non-hydrogen) atoms. The van der Waals surface area contributed by atoms with Crippen LogP contribution in [0, 0.1) is 0 Å². The Labute approximate surface area is 118 Å². The van der Waals surface area contributed by atoms with Crippen LogP contribution in [-0.2, 0) is 17.1 Å². The number of piperidine rings is 1. The highest BCUT2D eigenvalue weighted by atomic mass is 32.2. The molecule has 1 amide bonds. The first kappa shape index (κ1) is 14.9. The number of carbonyl (C=O) groups excluding carboxylic acids is 1. The van der Waals surface area contributed by atoms with Crippen molar-refractivity contribution in [3.8, 4) is 0 Å². The first-order valence-electron chi connectivity index (χ1n) is 6.45. The van der Waals surface area contributed by atoms with Crippen molar-refractivity contribution in [2.24, 2.45) is 7.05 Å². The summed E-state index contributed by atoms with van der Waals surface area (Å²) in [6, 6.07) is 1.62. The predicted octanol–water partition coefficient (Wildman–Crippen LogP) is -0.239. The highest BCUT2D eigenvalue weighted by Crippen LogP contribution is 2.15. The number of amides is 1. The van der Waals surface area contributed by atoms with Gasteiger partial charge in [-0.05, 0) is 18.9 Å². The van der Waals surface area contributed by atoms with Crippen molar-refractivity contribution in [1.29, 1.82) is 0 Å². The summed E-state index contributed by atoms with van der Waals surface area (Å²) in [4.78, 5) is 12.1. The molecule has 2 heterocycles. The molecule has 1 aliphatic rings. The summed E-state index contributed by atoms with van der Waals surface area (Å²) in [7, 11) is -1.37. The molecule has 0 saturated carbocycles. The molecule has 1 aliphatic heterocycles. The van der Waals surface area contributed by atoms with Gasteiger partial charge in [0, 0.05) is 32.4 Å². The quantitative estimate of drug-likeness (QED) is 0.805. The molecule has 7 nitrogen and oxygen atoms in total. The molecule has 0 aliphatic carbocycles. The normalized spacial score (nSPS) is 18.1. The number of nitrogen functional groups attached to an aromatic ring is 1. The lowest BCUT2D eigenvalue weighted by molar-refractivity contribution is 0.0915. The van der Waals surface area contributed by atoms with E-state index in [1.54, 1.807) is 23.9 Å². The van der Waals surface area contributed by atoms with E-state index < -0.39 is 10.0 Å². The molecular weight excluding hydrogens is 280 g/mol. The molecule has 112 valence electrons. The van der Waals surface area contributed by atoms with Crippen molar-refractivity contribution < 1.29 is 13.2 Å². The molecule has 1 aromatic rings. The number of aromatic nitrogens is 1. The van der Waals surface area contributed by atoms with Gasteiger partial charge in [-0.3, -0.25) is 4.79 Å². The minimum atomic E-state index is -3.13. The van der Waals surface area contributed by atoms with Gasteiger partial charge in [0.2, 0.25) is 10.0 Å². The molecule has 8 heteroatoms. The van der Waals surface area contributed by atoms with Gasteiger partial charge in [-0.25, -0.2) is 12.7 Å². The summed E-state index contributed by atoms with van der Waals surface area (Å²) in [5.41, 5.74) is 6.70. The molecule has 1 saturated heterocycles. The number of aryl methyl sites for hydroxylation is 1. The highest BCUT2D eigenvalue weighted by molar-refractivity contribution is 7.88. The highest BCUT2D eigenvalue weighted by Gasteiger charge is 2.26. The van der Waals surface area contributed by atoms with E-state index in [-0.39, 0.29) is 11.9 Å². The standard InChI is InChI=1S/C12H20N4O3S/c1-15-8-9(13)7-11(15)12(17)14-10-3-5-16(6-4-10)20(2,18)19/h7-8,10H,3-6,13H2,1-2H3,(H,14,17). The van der Waals surface area contributed by atoms with Crippen LogP contribution in [0.4, 0.5) is 5.69 Å². The Morgan fingerprint density at radius 1 is 1.40 bits per heavy atom. The molecule has 0 unspecified atom stereocenters. The zero-order chi connectivity index (χ0) is 14.9. The average Bonchev–Trinajstić information content (AvgIpc) is 2.68. The van der Waals surface area contributed by atoms with E-state index in [4.69, 9.17) is 5.73 Å². The van der Waals surface area contributed by atoms with Crippen molar-refractivity contribution in [1.82, 2.24) is 14.2 Å². The zero-order valence-electron chi connectivity index (χ0n) is 11.7. The maximum atomic E-state index is 12.1. The van der Waals surface area contributed by atoms with Crippen molar-refractivity contribution in [3.05, 3.63) is 18.0 Å². The summed E-state index contributed by atoms with van der Waals surface area (Å²) < 4.78 is 25.9. The number of rotatable bonds is 3. The van der Waals surface area contributed by atoms with Crippen molar-refractivity contribution >= 4 is 21.6 Å². The monoisotopic (exact) mass is 300 g/mol. The van der Waals surface area contributed by atoms with Crippen LogP contribution in [0.2, 0.25) is 0 Å². The van der Waals surface area contributed by atoms with Crippen molar-refractivity contribution in [2.45, 2.75) is 18.9 Å². The van der Waals surface area contributed by atoms with E-state index in [1.165, 1.54) is 10.6 Å². The van der Waals surface area contributed by atoms with Crippen LogP contribution in [0.15, 0.2) is 12.3 Å². The van der Waals surface area contributed by atoms with Gasteiger partial charge in [0.15, 0.2) is 0 Å². The Morgan fingerprint density at radius 3 is 2.45 bits per heavy atom. The SMILES string of the molecule is Cn1cc(N)cc1C(=O)NC1CCN(S(C)(=O)=O)CC1. The van der Waals surface area contributed by atoms with Gasteiger partial charge in [0.25, 0.3) is 5.91 Å². The molecule has 1 aromatic heterocycles. The van der Waals surface area contributed by atoms with E-state index in [0.717, 1.165) is 0 Å². The number of nitrogens with two attached hydrogens (primary N) is 1. The average molecular weight is 300 g/mol. The fourth-order valence-electron chi connectivity index (χ4n) is 2.41. The summed E-state index contributed by atoms with van der Waals surface area (Å²) in [5.74, 6) is -0.179. The summed E-state index contributed by atoms with van der Waals surface area (Å²) in [6.45, 7) is 0.887. The predicted molar refractivity (Wildman–Crippen MR) is 76.7 cm³/mol. The zero-order valence-corrected chi connectivity index (χ0v) is 12.5. The lowest BCUT2D eigenvalue weighted by atomic mass is 10.1. The van der Waals surface area contributed by atoms with E-state index >= 15 is 0 Å². The number of nitrogens with zero attached hydrogens (tertiary/aromatic N) is 2. The Balaban J connectivity index is 1.93. The summed E-state index contributed by atoms with van der Waals surface area (Å²) >= 11 is 0. The second-order valence-electron chi connectivity index (χ2n) is 5.18. The third-order valence-corrected chi connectivity index (χ3v) is 4.82. The minimum absolute atomic E-state index is 0.00313. The van der Waals surface area contributed by atoms with Gasteiger partial charge in [-0.2, -0.15) is 0 Å². The Kier molecular flexibility index (Phi) is 4.05. The van der Waals surface area contributed by atoms with Gasteiger partial charge in [-0.15, -0.1) is 0 Å². The molecular formula is C12H20N4O3S. The van der Waals surface area contributed by atoms with Crippen LogP contribution < -0.4 is 11.1 Å². The van der Waals surface area contributed by atoms with E-state index in [2.05, 4.69) is 5.32 Å². The van der Waals surface area contributed by atoms with Gasteiger partial charge >= 0.3 is 0 Å². The van der Waals surface area contributed by atoms with Crippen LogP contribution in [0.1, 0.15) is 23.3 Å². The van der Waals surface area contributed by atoms with Gasteiger partial charge in [0.1, 0.15) is 5.69 Å². The van der Waals surface area contributed by atoms with Crippen molar-refractivity contribution in [3.63, 3.8) is 0 Å². The fraction of sp³-hybridized carbons (Fsp3) is 0.583. The topological polar surface area (TPSA) is 97.4 Å². The van der Waals surface area contributed by atoms with Crippen LogP contribution in [0.5, 0.6) is 0 Å². The summed E-state index contributed by atoms with van der Waals surface area (Å²) in [6.07, 6.45) is 4.14. The maximum absolute atomic E-state index is 12.1. The van der Waals surface area contributed by atoms with Crippen molar-refractivity contribution in [2.75, 3.05) is 25.1 Å². The lowest BCUT2D eigenvalue weighted by Gasteiger charge is -2.30. The largest absolute Gasteiger partial charge is 0.397 e. The van der Waals surface area contributed by atoms with E-state index in [0.29, 0.717) is 37.3 Å². The number of hydrogen-bond donors (Lipinski definition) is 2. The Morgan fingerprint density at radius 2 is 2.00 bits per heavy atom. The number of sulfonamides is 1. The van der Waals surface area contributed by atoms with Crippen LogP contribution in [0.3, 0.4) is 0 Å². The molecule has 0 atom stereocenters. The molecule has 0 aromatic carbocycles. The lowest BCUT2D eigenvalue weighted by Crippen LogP contribution is -2.46. The second-order valence-corrected chi connectivity index (χ2v) is 7.16. The number of carbonyl (C=O) groups is 1. The second kappa shape index (κ2) is 5.45. The molecule has 1 fully saturated rings. The Bertz CT molecular complexity index is 600. The van der Waals surface area contributed by atoms with E-state index in [1.807, 2.05) is 0 Å². The smallest absolute Gasteiger partial charge is 0.268 e. The number of hydrogen-bond acceptors (Lipinski definition) is 4. The molecule has 0 radical (unpaired) electrons. The Hall–Kier alpha value is -1.54. The number of anilines is 1. The van der Waals surface area contributed by atoms with Crippen LogP contribution in [0.25, 0.3) is 0 Å². The molecule has 2 rings (SSSR count). The first-order valence-corrected chi connectivity index (χ1v) is 8.30. The first-order chi connectivity index (χ1) is 9.27. The fourth-order valence-corrected chi connectivity index (χ4v) is 3.28. The maximum Gasteiger partial charge on any atom is 0.268 e. The molecule has 3 N–H and O–H groups in total. The third-order valence-electron chi connectivity index (χ3n) is 3.52. The van der Waals surface area contributed by atoms with Crippen LogP contribution >= 0.6 is 0 Å². The van der Waals surface area contributed by atoms with Gasteiger partial charge in [-0.1, -0.05) is 0 Å². The van der Waals surface area contributed by atoms with E-state index in [9.17, 15) is 13.2 Å². The number of nitrogens with one attached hydrogen (secondary N) is 1. The van der Waals surface area contributed by atoms with Gasteiger partial charge < -0.3 is 15.6 Å². The van der Waals surface area contributed by atoms with Gasteiger partial charge in [0.05, 0.1) is 11.9 Å².